The van der Waals surface area contributed by atoms with Gasteiger partial charge in [-0.05, 0) is 60.2 Å². The van der Waals surface area contributed by atoms with Crippen LogP contribution in [0.15, 0.2) is 54.6 Å². The van der Waals surface area contributed by atoms with Crippen LogP contribution in [0.4, 0.5) is 4.39 Å². The van der Waals surface area contributed by atoms with Gasteiger partial charge in [-0.1, -0.05) is 50.6 Å². The normalized spacial score (nSPS) is 11.0. The van der Waals surface area contributed by atoms with Gasteiger partial charge in [-0.15, -0.1) is 11.3 Å². The fraction of sp³-hybridized carbons (Fsp3) is 0.273. The summed E-state index contributed by atoms with van der Waals surface area (Å²) in [5, 5.41) is 0. The largest absolute Gasteiger partial charge is 0.206 e. The smallest absolute Gasteiger partial charge is 0.132 e. The van der Waals surface area contributed by atoms with Gasteiger partial charge >= 0.3 is 0 Å². The molecule has 1 aromatic heterocycles. The average Bonchev–Trinajstić information content (AvgIpc) is 3.08. The van der Waals surface area contributed by atoms with Crippen LogP contribution in [0.25, 0.3) is 21.6 Å². The zero-order valence-electron chi connectivity index (χ0n) is 14.3. The molecule has 24 heavy (non-hydrogen) atoms. The Morgan fingerprint density at radius 1 is 0.875 bits per heavy atom. The molecule has 0 atom stereocenters. The number of rotatable bonds is 6. The van der Waals surface area contributed by atoms with E-state index in [1.165, 1.54) is 23.3 Å². The van der Waals surface area contributed by atoms with Crippen LogP contribution in [0, 0.1) is 5.82 Å². The maximum absolute atomic E-state index is 14.6. The molecule has 3 rings (SSSR count). The van der Waals surface area contributed by atoms with Crippen molar-refractivity contribution in [2.45, 2.75) is 39.5 Å². The van der Waals surface area contributed by atoms with E-state index in [1.807, 2.05) is 18.2 Å². The van der Waals surface area contributed by atoms with Gasteiger partial charge in [-0.3, -0.25) is 0 Å². The average molecular weight is 338 g/mol. The van der Waals surface area contributed by atoms with Crippen LogP contribution >= 0.6 is 11.3 Å². The lowest BCUT2D eigenvalue weighted by Gasteiger charge is -2.06. The molecule has 0 aliphatic carbocycles. The third-order valence-corrected chi connectivity index (χ3v) is 5.55. The van der Waals surface area contributed by atoms with Crippen LogP contribution in [-0.2, 0) is 12.8 Å². The van der Waals surface area contributed by atoms with Crippen molar-refractivity contribution in [1.29, 1.82) is 0 Å². The third kappa shape index (κ3) is 3.76. The minimum Gasteiger partial charge on any atom is -0.206 e. The molecule has 0 radical (unpaired) electrons. The number of hydrogen-bond donors (Lipinski definition) is 0. The Morgan fingerprint density at radius 3 is 2.29 bits per heavy atom. The first kappa shape index (κ1) is 16.9. The Morgan fingerprint density at radius 2 is 1.62 bits per heavy atom. The second-order valence-corrected chi connectivity index (χ2v) is 7.28. The number of thiophene rings is 1. The number of benzene rings is 2. The van der Waals surface area contributed by atoms with Gasteiger partial charge in [0.05, 0.1) is 0 Å². The summed E-state index contributed by atoms with van der Waals surface area (Å²) in [5.74, 6) is -0.143. The Kier molecular flexibility index (Phi) is 5.47. The minimum atomic E-state index is -0.143. The Balaban J connectivity index is 1.85. The summed E-state index contributed by atoms with van der Waals surface area (Å²) in [6, 6.07) is 18.1. The molecule has 0 saturated carbocycles. The quantitative estimate of drug-likeness (QED) is 0.448. The van der Waals surface area contributed by atoms with Gasteiger partial charge in [-0.2, -0.15) is 0 Å². The Labute approximate surface area is 148 Å². The third-order valence-electron chi connectivity index (χ3n) is 4.37. The Bertz CT molecular complexity index is 799. The molecule has 0 unspecified atom stereocenters. The van der Waals surface area contributed by atoms with Gasteiger partial charge in [0.15, 0.2) is 0 Å². The first-order chi connectivity index (χ1) is 11.7. The van der Waals surface area contributed by atoms with Crippen LogP contribution in [-0.4, -0.2) is 0 Å². The summed E-state index contributed by atoms with van der Waals surface area (Å²) >= 11 is 1.71. The molecule has 0 N–H and O–H groups in total. The van der Waals surface area contributed by atoms with Gasteiger partial charge < -0.3 is 0 Å². The monoisotopic (exact) mass is 338 g/mol. The summed E-state index contributed by atoms with van der Waals surface area (Å²) in [6.45, 7) is 4.33. The van der Waals surface area contributed by atoms with Gasteiger partial charge in [-0.25, -0.2) is 4.39 Å². The van der Waals surface area contributed by atoms with E-state index in [9.17, 15) is 4.39 Å². The van der Waals surface area contributed by atoms with Crippen molar-refractivity contribution in [1.82, 2.24) is 0 Å². The second kappa shape index (κ2) is 7.76. The first-order valence-electron chi connectivity index (χ1n) is 8.69. The molecule has 2 heteroatoms. The molecule has 0 amide bonds. The van der Waals surface area contributed by atoms with Crippen LogP contribution in [0.3, 0.4) is 0 Å². The molecule has 0 bridgehead atoms. The van der Waals surface area contributed by atoms with Crippen molar-refractivity contribution in [3.05, 3.63) is 70.9 Å². The van der Waals surface area contributed by atoms with Crippen molar-refractivity contribution < 1.29 is 4.39 Å². The molecule has 124 valence electrons. The lowest BCUT2D eigenvalue weighted by molar-refractivity contribution is 0.632. The molecule has 0 nitrogen and oxygen atoms in total. The highest BCUT2D eigenvalue weighted by molar-refractivity contribution is 7.15. The Hall–Kier alpha value is -1.93. The molecule has 0 spiro atoms. The zero-order valence-corrected chi connectivity index (χ0v) is 15.1. The topological polar surface area (TPSA) is 0 Å². The predicted molar refractivity (Wildman–Crippen MR) is 103 cm³/mol. The molecule has 0 aliphatic heterocycles. The molecule has 1 heterocycles. The highest BCUT2D eigenvalue weighted by Gasteiger charge is 2.10. The van der Waals surface area contributed by atoms with E-state index < -0.39 is 0 Å². The molecular weight excluding hydrogens is 315 g/mol. The standard InChI is InChI=1S/C22H23FS/c1-3-5-6-19-12-14-22(24-19)20-13-11-18(15-21(20)23)17-9-7-16(4-2)8-10-17/h7-15H,3-6H2,1-2H3. The minimum absolute atomic E-state index is 0.143. The van der Waals surface area contributed by atoms with Crippen molar-refractivity contribution >= 4 is 11.3 Å². The summed E-state index contributed by atoms with van der Waals surface area (Å²) < 4.78 is 14.6. The van der Waals surface area contributed by atoms with Crippen LogP contribution in [0.5, 0.6) is 0 Å². The maximum atomic E-state index is 14.6. The fourth-order valence-electron chi connectivity index (χ4n) is 2.84. The summed E-state index contributed by atoms with van der Waals surface area (Å²) in [4.78, 5) is 2.36. The van der Waals surface area contributed by atoms with E-state index in [1.54, 1.807) is 17.4 Å². The fourth-order valence-corrected chi connectivity index (χ4v) is 3.91. The van der Waals surface area contributed by atoms with E-state index in [0.717, 1.165) is 28.8 Å². The summed E-state index contributed by atoms with van der Waals surface area (Å²) in [5.41, 5.74) is 4.00. The number of unbranched alkanes of at least 4 members (excludes halogenated alkanes) is 1. The highest BCUT2D eigenvalue weighted by atomic mass is 32.1. The van der Waals surface area contributed by atoms with E-state index in [0.29, 0.717) is 5.56 Å². The van der Waals surface area contributed by atoms with E-state index >= 15 is 0 Å². The van der Waals surface area contributed by atoms with Crippen molar-refractivity contribution in [2.75, 3.05) is 0 Å². The second-order valence-electron chi connectivity index (χ2n) is 6.11. The number of aryl methyl sites for hydroxylation is 2. The first-order valence-corrected chi connectivity index (χ1v) is 9.51. The number of hydrogen-bond acceptors (Lipinski definition) is 1. The molecular formula is C22H23FS. The molecule has 3 aromatic rings. The van der Waals surface area contributed by atoms with Gasteiger partial charge in [0.1, 0.15) is 5.82 Å². The van der Waals surface area contributed by atoms with Gasteiger partial charge in [0.2, 0.25) is 0 Å². The lowest BCUT2D eigenvalue weighted by Crippen LogP contribution is -1.86. The number of halogens is 1. The van der Waals surface area contributed by atoms with Crippen LogP contribution in [0.2, 0.25) is 0 Å². The molecule has 2 aromatic carbocycles. The van der Waals surface area contributed by atoms with E-state index in [2.05, 4.69) is 44.2 Å². The van der Waals surface area contributed by atoms with Gasteiger partial charge in [0, 0.05) is 15.3 Å². The molecule has 0 saturated heterocycles. The summed E-state index contributed by atoms with van der Waals surface area (Å²) in [7, 11) is 0. The molecule has 0 aliphatic rings. The van der Waals surface area contributed by atoms with Crippen molar-refractivity contribution in [3.8, 4) is 21.6 Å². The van der Waals surface area contributed by atoms with E-state index in [-0.39, 0.29) is 5.82 Å². The molecule has 0 fully saturated rings. The van der Waals surface area contributed by atoms with Crippen molar-refractivity contribution in [2.24, 2.45) is 0 Å². The van der Waals surface area contributed by atoms with Crippen LogP contribution in [0.1, 0.15) is 37.1 Å². The van der Waals surface area contributed by atoms with Crippen molar-refractivity contribution in [3.63, 3.8) is 0 Å². The summed E-state index contributed by atoms with van der Waals surface area (Å²) in [6.07, 6.45) is 4.49. The van der Waals surface area contributed by atoms with Crippen LogP contribution < -0.4 is 0 Å². The van der Waals surface area contributed by atoms with E-state index in [4.69, 9.17) is 0 Å². The SMILES string of the molecule is CCCCc1ccc(-c2ccc(-c3ccc(CC)cc3)cc2F)s1. The lowest BCUT2D eigenvalue weighted by atomic mass is 10.0. The predicted octanol–water partition coefficient (Wildman–Crippen LogP) is 7.13. The zero-order chi connectivity index (χ0) is 16.9. The highest BCUT2D eigenvalue weighted by Crippen LogP contribution is 2.33. The van der Waals surface area contributed by atoms with Gasteiger partial charge in [0.25, 0.3) is 0 Å². The maximum Gasteiger partial charge on any atom is 0.132 e.